The average molecular weight is 789 g/mol. The van der Waals surface area contributed by atoms with Crippen molar-refractivity contribution < 1.29 is 49.0 Å². The number of allylic oxidation sites excluding steroid dienone is 6. The van der Waals surface area contributed by atoms with Crippen molar-refractivity contribution in [2.75, 3.05) is 0 Å². The van der Waals surface area contributed by atoms with Crippen LogP contribution < -0.4 is 24.8 Å². The molecule has 0 amide bonds. The third kappa shape index (κ3) is 5.30. The van der Waals surface area contributed by atoms with Crippen LogP contribution in [0.2, 0.25) is 0 Å². The largest absolute Gasteiger partial charge is 1.00 e. The van der Waals surface area contributed by atoms with Crippen LogP contribution in [-0.4, -0.2) is 4.21 Å². The van der Waals surface area contributed by atoms with Gasteiger partial charge in [-0.1, -0.05) is 133 Å². The summed E-state index contributed by atoms with van der Waals surface area (Å²) in [6.07, 6.45) is 16.1. The predicted molar refractivity (Wildman–Crippen MR) is 203 cm³/mol. The maximum absolute atomic E-state index is 3.34. The predicted octanol–water partition coefficient (Wildman–Crippen LogP) is 6.37. The van der Waals surface area contributed by atoms with Gasteiger partial charge in [-0.05, 0) is 96.3 Å². The van der Waals surface area contributed by atoms with Crippen LogP contribution in [0.1, 0.15) is 130 Å². The van der Waals surface area contributed by atoms with Gasteiger partial charge in [0.2, 0.25) is 0 Å². The number of hydrogen-bond donors (Lipinski definition) is 0. The summed E-state index contributed by atoms with van der Waals surface area (Å²) < 4.78 is 3.34. The minimum absolute atomic E-state index is 0. The summed E-state index contributed by atoms with van der Waals surface area (Å²) in [4.78, 5) is 0. The van der Waals surface area contributed by atoms with Gasteiger partial charge in [0, 0.05) is 0 Å². The standard InChI is InChI=1S/C29H37.C17H23.CH2.2ClH.Zr/c1-18-25-22-17-19-13-9-10-14-20(19)24(22)21-15-11-12-16-23(21)29(25,8)28(6,7)27(4,5)26(18,2)3;1-11-3-4-14(5-11)17(2)15-7-12-6-13(9-15)10-16(17)8-12;;;;/h9-11,13-15,23H,12,16-17H2,1-8H3;3-5,12-13,15-16H,6-10H2,1-2H3;1H2;2*1H;/q2*-1;;;;+2/p-2. The van der Waals surface area contributed by atoms with Crippen LogP contribution in [0.25, 0.3) is 5.57 Å². The van der Waals surface area contributed by atoms with Gasteiger partial charge in [0.1, 0.15) is 0 Å². The van der Waals surface area contributed by atoms with Crippen molar-refractivity contribution in [1.29, 1.82) is 0 Å². The number of hydrogen-bond acceptors (Lipinski definition) is 0. The van der Waals surface area contributed by atoms with Gasteiger partial charge in [0.15, 0.2) is 0 Å². The smallest absolute Gasteiger partial charge is 1.00 e. The molecule has 0 saturated heterocycles. The molecular weight excluding hydrogens is 727 g/mol. The fourth-order valence-electron chi connectivity index (χ4n) is 13.1. The van der Waals surface area contributed by atoms with Crippen LogP contribution in [0.4, 0.5) is 0 Å². The van der Waals surface area contributed by atoms with Gasteiger partial charge in [-0.25, -0.2) is 12.0 Å². The summed E-state index contributed by atoms with van der Waals surface area (Å²) in [6, 6.07) is 16.3. The second-order valence-electron chi connectivity index (χ2n) is 19.0. The topological polar surface area (TPSA) is 0 Å². The Balaban J connectivity index is 0.000000198. The molecule has 0 radical (unpaired) electrons. The Morgan fingerprint density at radius 3 is 2.02 bits per heavy atom. The molecule has 5 saturated carbocycles. The van der Waals surface area contributed by atoms with Crippen LogP contribution in [0.15, 0.2) is 71.3 Å². The van der Waals surface area contributed by atoms with Gasteiger partial charge in [-0.3, -0.25) is 0 Å². The Kier molecular flexibility index (Phi) is 11.0. The molecule has 2 aromatic carbocycles. The van der Waals surface area contributed by atoms with Gasteiger partial charge in [-0.15, -0.1) is 6.92 Å². The molecule has 0 aromatic heterocycles. The van der Waals surface area contributed by atoms with Gasteiger partial charge in [0.05, 0.1) is 0 Å². The molecule has 270 valence electrons. The van der Waals surface area contributed by atoms with E-state index in [2.05, 4.69) is 128 Å². The number of halogens is 2. The van der Waals surface area contributed by atoms with Crippen LogP contribution in [0.5, 0.6) is 0 Å². The van der Waals surface area contributed by atoms with Crippen LogP contribution in [0, 0.1) is 64.1 Å². The zero-order valence-corrected chi connectivity index (χ0v) is 36.7. The minimum atomic E-state index is 0. The van der Waals surface area contributed by atoms with Gasteiger partial charge >= 0.3 is 28.4 Å². The number of aryl methyl sites for hydroxylation is 1. The molecule has 8 aliphatic rings. The summed E-state index contributed by atoms with van der Waals surface area (Å²) >= 11 is 1.30. The van der Waals surface area contributed by atoms with E-state index in [-0.39, 0.29) is 46.5 Å². The molecule has 0 nitrogen and oxygen atoms in total. The Morgan fingerprint density at radius 1 is 0.840 bits per heavy atom. The van der Waals surface area contributed by atoms with E-state index >= 15 is 0 Å². The van der Waals surface area contributed by atoms with E-state index in [4.69, 9.17) is 0 Å². The van der Waals surface area contributed by atoms with Gasteiger partial charge in [-0.2, -0.15) is 34.4 Å². The van der Waals surface area contributed by atoms with Crippen molar-refractivity contribution in [1.82, 2.24) is 0 Å². The monoisotopic (exact) mass is 786 g/mol. The normalized spacial score (nSPS) is 35.6. The molecule has 10 rings (SSSR count). The summed E-state index contributed by atoms with van der Waals surface area (Å²) in [5.74, 6) is 6.38. The second kappa shape index (κ2) is 13.7. The molecule has 0 spiro atoms. The third-order valence-electron chi connectivity index (χ3n) is 17.2. The van der Waals surface area contributed by atoms with Crippen molar-refractivity contribution in [3.8, 4) is 0 Å². The molecular formula is C47H62Cl2Zr-2. The first kappa shape index (κ1) is 40.2. The van der Waals surface area contributed by atoms with E-state index in [9.17, 15) is 0 Å². The number of benzene rings is 1. The molecule has 2 atom stereocenters. The molecule has 3 heteroatoms. The van der Waals surface area contributed by atoms with E-state index in [0.717, 1.165) is 30.1 Å². The van der Waals surface area contributed by atoms with Crippen molar-refractivity contribution in [2.24, 2.45) is 51.2 Å². The van der Waals surface area contributed by atoms with E-state index in [1.807, 2.05) is 0 Å². The van der Waals surface area contributed by atoms with Crippen LogP contribution in [-0.2, 0) is 36.1 Å². The Labute approximate surface area is 333 Å². The first-order valence-electron chi connectivity index (χ1n) is 19.3. The van der Waals surface area contributed by atoms with Crippen molar-refractivity contribution in [3.05, 3.63) is 99.5 Å². The van der Waals surface area contributed by atoms with Crippen molar-refractivity contribution in [3.63, 3.8) is 0 Å². The summed E-state index contributed by atoms with van der Waals surface area (Å²) in [7, 11) is 0. The molecule has 0 N–H and O–H groups in total. The van der Waals surface area contributed by atoms with Crippen LogP contribution in [0.3, 0.4) is 0 Å². The first-order chi connectivity index (χ1) is 22.6. The molecule has 0 heterocycles. The minimum Gasteiger partial charge on any atom is -1.00 e. The third-order valence-corrected chi connectivity index (χ3v) is 17.2. The summed E-state index contributed by atoms with van der Waals surface area (Å²) in [5.41, 5.74) is 13.9. The molecule has 4 bridgehead atoms. The van der Waals surface area contributed by atoms with Gasteiger partial charge in [0.25, 0.3) is 0 Å². The maximum atomic E-state index is 3.34. The average Bonchev–Trinajstić information content (AvgIpc) is 3.67. The van der Waals surface area contributed by atoms with Gasteiger partial charge < -0.3 is 24.8 Å². The van der Waals surface area contributed by atoms with Crippen LogP contribution >= 0.6 is 0 Å². The SMILES string of the molecule is C[C-]1C2=C3Cc4ccccc4C3=C3C=CCCC3C2(C)C(C)(C)C(C)(C)C1(C)C.Cc1cc(C2(C)C3CC4CC(C3)CC2C4)c[cH-]1.[CH2]=[Zr+2].[Cl-].[Cl-]. The molecule has 2 unspecified atom stereocenters. The first-order valence-corrected chi connectivity index (χ1v) is 21.0. The zero-order chi connectivity index (χ0) is 34.6. The maximum Gasteiger partial charge on any atom is -1.00 e. The molecule has 50 heavy (non-hydrogen) atoms. The zero-order valence-electron chi connectivity index (χ0n) is 32.7. The van der Waals surface area contributed by atoms with Crippen molar-refractivity contribution >= 4 is 9.78 Å². The van der Waals surface area contributed by atoms with E-state index in [1.165, 1.54) is 79.5 Å². The van der Waals surface area contributed by atoms with Crippen molar-refractivity contribution in [2.45, 2.75) is 126 Å². The molecule has 8 aliphatic carbocycles. The number of fused-ring (bicyclic) bond motifs is 6. The quantitative estimate of drug-likeness (QED) is 0.295. The second-order valence-corrected chi connectivity index (χ2v) is 19.0. The van der Waals surface area contributed by atoms with E-state index in [1.54, 1.807) is 40.2 Å². The molecule has 0 aliphatic heterocycles. The fourth-order valence-corrected chi connectivity index (χ4v) is 13.1. The number of rotatable bonds is 1. The Morgan fingerprint density at radius 2 is 1.44 bits per heavy atom. The fraction of sp³-hybridized carbons (Fsp3) is 0.596. The molecule has 5 fully saturated rings. The van der Waals surface area contributed by atoms with E-state index < -0.39 is 0 Å². The van der Waals surface area contributed by atoms with E-state index in [0.29, 0.717) is 11.3 Å². The summed E-state index contributed by atoms with van der Waals surface area (Å²) in [5, 5.41) is 0. The molecule has 2 aromatic rings. The summed E-state index contributed by atoms with van der Waals surface area (Å²) in [6.45, 7) is 25.1. The Bertz CT molecular complexity index is 1660. The Hall–Kier alpha value is -1.01.